The fourth-order valence-corrected chi connectivity index (χ4v) is 5.28. The third kappa shape index (κ3) is 5.83. The zero-order chi connectivity index (χ0) is 27.3. The molecule has 0 aliphatic carbocycles. The second kappa shape index (κ2) is 11.9. The predicted octanol–water partition coefficient (Wildman–Crippen LogP) is 3.70. The Labute approximate surface area is 234 Å². The summed E-state index contributed by atoms with van der Waals surface area (Å²) in [6.07, 6.45) is 4.99. The Kier molecular flexibility index (Phi) is 7.71. The number of piperidine rings is 1. The number of rotatable bonds is 5. The minimum Gasteiger partial charge on any atom is -0.457 e. The van der Waals surface area contributed by atoms with Crippen LogP contribution in [0, 0.1) is 11.8 Å². The van der Waals surface area contributed by atoms with E-state index in [1.165, 1.54) is 0 Å². The van der Waals surface area contributed by atoms with E-state index in [1.54, 1.807) is 6.33 Å². The molecule has 9 heteroatoms. The van der Waals surface area contributed by atoms with Crippen LogP contribution in [0.4, 0.5) is 0 Å². The van der Waals surface area contributed by atoms with E-state index in [0.717, 1.165) is 72.8 Å². The number of para-hydroxylation sites is 1. The second-order valence-electron chi connectivity index (χ2n) is 10.4. The van der Waals surface area contributed by atoms with Crippen molar-refractivity contribution in [3.63, 3.8) is 0 Å². The first kappa shape index (κ1) is 26.0. The maximum Gasteiger partial charge on any atom is 0.298 e. The molecule has 0 atom stereocenters. The number of piperazine rings is 1. The van der Waals surface area contributed by atoms with Gasteiger partial charge in [0.25, 0.3) is 5.91 Å². The molecule has 4 heterocycles. The minimum atomic E-state index is -0.0845. The molecule has 0 spiro atoms. The van der Waals surface area contributed by atoms with Crippen molar-refractivity contribution in [1.82, 2.24) is 34.4 Å². The van der Waals surface area contributed by atoms with Crippen LogP contribution in [-0.2, 0) is 4.79 Å². The topological polar surface area (TPSA) is 79.6 Å². The SMILES string of the molecule is CN1CCN(CC#CC(=O)N2CCC(n3nc(-c4ccc(Oc5ccccc5)cc4)c4cncnc43)CC2)CC1. The lowest BCUT2D eigenvalue weighted by atomic mass is 10.1. The van der Waals surface area contributed by atoms with Crippen LogP contribution in [0.5, 0.6) is 11.5 Å². The molecule has 2 aliphatic heterocycles. The van der Waals surface area contributed by atoms with Crippen molar-refractivity contribution in [2.45, 2.75) is 18.9 Å². The number of fused-ring (bicyclic) bond motifs is 1. The van der Waals surface area contributed by atoms with E-state index in [4.69, 9.17) is 9.84 Å². The molecule has 2 aliphatic rings. The quantitative estimate of drug-likeness (QED) is 0.361. The van der Waals surface area contributed by atoms with E-state index < -0.39 is 0 Å². The Morgan fingerprint density at radius 2 is 1.68 bits per heavy atom. The van der Waals surface area contributed by atoms with Crippen molar-refractivity contribution in [2.75, 3.05) is 52.9 Å². The summed E-state index contributed by atoms with van der Waals surface area (Å²) in [6.45, 7) is 6.05. The van der Waals surface area contributed by atoms with E-state index in [-0.39, 0.29) is 11.9 Å². The highest BCUT2D eigenvalue weighted by atomic mass is 16.5. The molecule has 2 fully saturated rings. The number of hydrogen-bond acceptors (Lipinski definition) is 7. The average molecular weight is 536 g/mol. The van der Waals surface area contributed by atoms with Gasteiger partial charge in [-0.15, -0.1) is 0 Å². The Balaban J connectivity index is 1.12. The van der Waals surface area contributed by atoms with Crippen LogP contribution in [0.2, 0.25) is 0 Å². The fraction of sp³-hybridized carbons (Fsp3) is 0.355. The van der Waals surface area contributed by atoms with Gasteiger partial charge in [-0.3, -0.25) is 9.69 Å². The minimum absolute atomic E-state index is 0.0845. The molecule has 2 aromatic heterocycles. The van der Waals surface area contributed by atoms with Crippen LogP contribution in [0.1, 0.15) is 18.9 Å². The standard InChI is InChI=1S/C31H33N7O2/c1-35-18-20-36(21-19-35)15-5-8-29(39)37-16-13-25(14-17-37)38-31-28(22-32-23-33-31)30(34-38)24-9-11-27(12-10-24)40-26-6-3-2-4-7-26/h2-4,6-7,9-12,22-23,25H,13-21H2,1H3. The van der Waals surface area contributed by atoms with Crippen LogP contribution < -0.4 is 4.74 Å². The summed E-state index contributed by atoms with van der Waals surface area (Å²) in [7, 11) is 2.13. The van der Waals surface area contributed by atoms with Crippen molar-refractivity contribution in [3.05, 3.63) is 67.1 Å². The Morgan fingerprint density at radius 1 is 0.950 bits per heavy atom. The van der Waals surface area contributed by atoms with Crippen LogP contribution in [0.25, 0.3) is 22.3 Å². The number of carbonyl (C=O) groups is 1. The van der Waals surface area contributed by atoms with E-state index in [9.17, 15) is 4.79 Å². The number of hydrogen-bond donors (Lipinski definition) is 0. The Morgan fingerprint density at radius 3 is 2.42 bits per heavy atom. The van der Waals surface area contributed by atoms with Crippen LogP contribution >= 0.6 is 0 Å². The van der Waals surface area contributed by atoms with Gasteiger partial charge in [-0.2, -0.15) is 5.10 Å². The summed E-state index contributed by atoms with van der Waals surface area (Å²) in [4.78, 5) is 28.1. The molecule has 9 nitrogen and oxygen atoms in total. The molecular weight excluding hydrogens is 502 g/mol. The summed E-state index contributed by atoms with van der Waals surface area (Å²) < 4.78 is 7.96. The number of aromatic nitrogens is 4. The number of likely N-dealkylation sites (tertiary alicyclic amines) is 1. The molecule has 40 heavy (non-hydrogen) atoms. The Hall–Kier alpha value is -4.26. The molecule has 1 amide bonds. The lowest BCUT2D eigenvalue weighted by Crippen LogP contribution is -2.44. The maximum atomic E-state index is 12.8. The van der Waals surface area contributed by atoms with Crippen LogP contribution in [-0.4, -0.2) is 93.2 Å². The van der Waals surface area contributed by atoms with Crippen molar-refractivity contribution >= 4 is 16.9 Å². The van der Waals surface area contributed by atoms with E-state index in [2.05, 4.69) is 38.7 Å². The highest BCUT2D eigenvalue weighted by Gasteiger charge is 2.26. The normalized spacial score (nSPS) is 17.0. The molecule has 0 radical (unpaired) electrons. The van der Waals surface area contributed by atoms with Gasteiger partial charge in [0, 0.05) is 51.0 Å². The largest absolute Gasteiger partial charge is 0.457 e. The van der Waals surface area contributed by atoms with Gasteiger partial charge in [-0.1, -0.05) is 24.1 Å². The molecule has 0 saturated carbocycles. The van der Waals surface area contributed by atoms with Gasteiger partial charge in [-0.25, -0.2) is 14.6 Å². The number of carbonyl (C=O) groups excluding carboxylic acids is 1. The van der Waals surface area contributed by atoms with Gasteiger partial charge in [-0.05, 0) is 62.2 Å². The van der Waals surface area contributed by atoms with Gasteiger partial charge in [0.05, 0.1) is 18.0 Å². The third-order valence-electron chi connectivity index (χ3n) is 7.67. The lowest BCUT2D eigenvalue weighted by Gasteiger charge is -2.31. The molecular formula is C31H33N7O2. The highest BCUT2D eigenvalue weighted by Crippen LogP contribution is 2.33. The smallest absolute Gasteiger partial charge is 0.298 e. The average Bonchev–Trinajstić information content (AvgIpc) is 3.39. The van der Waals surface area contributed by atoms with Gasteiger partial charge in [0.1, 0.15) is 23.5 Å². The third-order valence-corrected chi connectivity index (χ3v) is 7.67. The lowest BCUT2D eigenvalue weighted by molar-refractivity contribution is -0.126. The molecule has 6 rings (SSSR count). The van der Waals surface area contributed by atoms with Crippen molar-refractivity contribution in [2.24, 2.45) is 0 Å². The molecule has 0 N–H and O–H groups in total. The van der Waals surface area contributed by atoms with Gasteiger partial charge in [0.15, 0.2) is 5.65 Å². The fourth-order valence-electron chi connectivity index (χ4n) is 5.28. The molecule has 2 saturated heterocycles. The van der Waals surface area contributed by atoms with Crippen molar-refractivity contribution < 1.29 is 9.53 Å². The molecule has 2 aromatic carbocycles. The van der Waals surface area contributed by atoms with Crippen molar-refractivity contribution in [3.8, 4) is 34.6 Å². The summed E-state index contributed by atoms with van der Waals surface area (Å²) in [6, 6.07) is 17.8. The van der Waals surface area contributed by atoms with Gasteiger partial charge < -0.3 is 14.5 Å². The summed E-state index contributed by atoms with van der Waals surface area (Å²) in [5.41, 5.74) is 2.63. The summed E-state index contributed by atoms with van der Waals surface area (Å²) in [5.74, 6) is 7.44. The number of likely N-dealkylation sites (N-methyl/N-ethyl adjacent to an activating group) is 1. The number of nitrogens with zero attached hydrogens (tertiary/aromatic N) is 7. The molecule has 204 valence electrons. The monoisotopic (exact) mass is 535 g/mol. The Bertz CT molecular complexity index is 1510. The van der Waals surface area contributed by atoms with E-state index >= 15 is 0 Å². The second-order valence-corrected chi connectivity index (χ2v) is 10.4. The molecule has 0 unspecified atom stereocenters. The first-order chi connectivity index (χ1) is 19.6. The van der Waals surface area contributed by atoms with Gasteiger partial charge >= 0.3 is 0 Å². The molecule has 0 bridgehead atoms. The van der Waals surface area contributed by atoms with Gasteiger partial charge in [0.2, 0.25) is 0 Å². The highest BCUT2D eigenvalue weighted by molar-refractivity contribution is 5.93. The number of ether oxygens (including phenoxy) is 1. The predicted molar refractivity (Wildman–Crippen MR) is 154 cm³/mol. The summed E-state index contributed by atoms with van der Waals surface area (Å²) >= 11 is 0. The maximum absolute atomic E-state index is 12.8. The molecule has 4 aromatic rings. The zero-order valence-corrected chi connectivity index (χ0v) is 22.7. The number of benzene rings is 2. The van der Waals surface area contributed by atoms with Crippen LogP contribution in [0.3, 0.4) is 0 Å². The van der Waals surface area contributed by atoms with E-state index in [0.29, 0.717) is 19.6 Å². The summed E-state index contributed by atoms with van der Waals surface area (Å²) in [5, 5.41) is 5.92. The number of amides is 1. The zero-order valence-electron chi connectivity index (χ0n) is 22.7. The first-order valence-corrected chi connectivity index (χ1v) is 13.8. The first-order valence-electron chi connectivity index (χ1n) is 13.8. The van der Waals surface area contributed by atoms with Crippen molar-refractivity contribution in [1.29, 1.82) is 0 Å². The van der Waals surface area contributed by atoms with E-state index in [1.807, 2.05) is 70.4 Å². The van der Waals surface area contributed by atoms with Crippen LogP contribution in [0.15, 0.2) is 67.1 Å².